The molecule has 1 aliphatic rings. The Labute approximate surface area is 195 Å². The summed E-state index contributed by atoms with van der Waals surface area (Å²) < 4.78 is 3.36. The zero-order chi connectivity index (χ0) is 22.9. The maximum atomic E-state index is 12.6. The number of benzene rings is 2. The van der Waals surface area contributed by atoms with Crippen LogP contribution in [0.25, 0.3) is 22.5 Å². The van der Waals surface area contributed by atoms with E-state index >= 15 is 0 Å². The Balaban J connectivity index is 1.30. The summed E-state index contributed by atoms with van der Waals surface area (Å²) in [6.45, 7) is 4.83. The minimum atomic E-state index is -0.319. The lowest BCUT2D eigenvalue weighted by Gasteiger charge is -2.10. The fourth-order valence-electron chi connectivity index (χ4n) is 3.83. The minimum absolute atomic E-state index is 0.162. The predicted molar refractivity (Wildman–Crippen MR) is 130 cm³/mol. The zero-order valence-corrected chi connectivity index (χ0v) is 19.2. The summed E-state index contributed by atoms with van der Waals surface area (Å²) in [6.07, 6.45) is 2.06. The molecular formula is C25H23N5O2S. The normalized spacial score (nSPS) is 12.5. The van der Waals surface area contributed by atoms with Gasteiger partial charge in [0, 0.05) is 41.4 Å². The highest BCUT2D eigenvalue weighted by atomic mass is 32.2. The maximum absolute atomic E-state index is 12.6. The molecule has 5 rings (SSSR count). The third kappa shape index (κ3) is 4.47. The molecule has 2 aromatic heterocycles. The Morgan fingerprint density at radius 2 is 1.88 bits per heavy atom. The van der Waals surface area contributed by atoms with Gasteiger partial charge in [-0.25, -0.2) is 9.67 Å². The van der Waals surface area contributed by atoms with Crippen molar-refractivity contribution in [2.45, 2.75) is 32.1 Å². The minimum Gasteiger partial charge on any atom is -0.325 e. The van der Waals surface area contributed by atoms with E-state index in [1.165, 1.54) is 10.7 Å². The summed E-state index contributed by atoms with van der Waals surface area (Å²) in [4.78, 5) is 29.6. The molecule has 0 atom stereocenters. The fraction of sp³-hybridized carbons (Fsp3) is 0.200. The van der Waals surface area contributed by atoms with Gasteiger partial charge in [0.25, 0.3) is 5.56 Å². The second-order valence-corrected chi connectivity index (χ2v) is 9.17. The summed E-state index contributed by atoms with van der Waals surface area (Å²) in [5.74, 6) is 0.756. The number of hydrogen-bond acceptors (Lipinski definition) is 5. The van der Waals surface area contributed by atoms with Crippen LogP contribution in [0.1, 0.15) is 11.1 Å². The molecule has 0 saturated heterocycles. The summed E-state index contributed by atoms with van der Waals surface area (Å²) in [5, 5.41) is 8.33. The van der Waals surface area contributed by atoms with Gasteiger partial charge in [0.1, 0.15) is 6.54 Å². The molecule has 0 radical (unpaired) electrons. The first kappa shape index (κ1) is 21.2. The average Bonchev–Trinajstić information content (AvgIpc) is 3.40. The Kier molecular flexibility index (Phi) is 5.60. The summed E-state index contributed by atoms with van der Waals surface area (Å²) >= 11 is 1.76. The van der Waals surface area contributed by atoms with Crippen molar-refractivity contribution in [1.29, 1.82) is 0 Å². The van der Waals surface area contributed by atoms with Crippen LogP contribution in [0.3, 0.4) is 0 Å². The molecule has 0 saturated carbocycles. The fourth-order valence-corrected chi connectivity index (χ4v) is 4.77. The lowest BCUT2D eigenvalue weighted by atomic mass is 10.0. The van der Waals surface area contributed by atoms with Crippen LogP contribution < -0.4 is 10.9 Å². The maximum Gasteiger partial charge on any atom is 0.267 e. The van der Waals surface area contributed by atoms with Crippen molar-refractivity contribution in [3.63, 3.8) is 0 Å². The second kappa shape index (κ2) is 8.71. The first-order valence-electron chi connectivity index (χ1n) is 10.7. The van der Waals surface area contributed by atoms with Gasteiger partial charge in [0.2, 0.25) is 5.91 Å². The highest BCUT2D eigenvalue weighted by Crippen LogP contribution is 2.29. The van der Waals surface area contributed by atoms with E-state index in [4.69, 9.17) is 0 Å². The number of carbonyl (C=O) groups excluding carboxylic acids is 1. The van der Waals surface area contributed by atoms with Crippen molar-refractivity contribution in [2.75, 3.05) is 11.1 Å². The van der Waals surface area contributed by atoms with E-state index < -0.39 is 0 Å². The SMILES string of the molecule is Cc1ccc(C)c(-c2ccc(=O)n(CC(=O)Nc3ccc(-c4cn5c(n4)SCC5)cc3)n2)c1. The smallest absolute Gasteiger partial charge is 0.267 e. The summed E-state index contributed by atoms with van der Waals surface area (Å²) in [7, 11) is 0. The van der Waals surface area contributed by atoms with Gasteiger partial charge in [-0.15, -0.1) is 0 Å². The Hall–Kier alpha value is -3.65. The van der Waals surface area contributed by atoms with Gasteiger partial charge in [-0.1, -0.05) is 41.6 Å². The number of aromatic nitrogens is 4. The van der Waals surface area contributed by atoms with Crippen LogP contribution in [-0.4, -0.2) is 31.0 Å². The van der Waals surface area contributed by atoms with Crippen LogP contribution in [0.5, 0.6) is 0 Å². The van der Waals surface area contributed by atoms with Gasteiger partial charge in [-0.2, -0.15) is 5.10 Å². The second-order valence-electron chi connectivity index (χ2n) is 8.11. The number of hydrogen-bond donors (Lipinski definition) is 1. The predicted octanol–water partition coefficient (Wildman–Crippen LogP) is 4.14. The molecule has 1 N–H and O–H groups in total. The number of rotatable bonds is 5. The Morgan fingerprint density at radius 3 is 2.67 bits per heavy atom. The first-order chi connectivity index (χ1) is 16.0. The Morgan fingerprint density at radius 1 is 1.06 bits per heavy atom. The lowest BCUT2D eigenvalue weighted by Crippen LogP contribution is -2.29. The molecule has 0 bridgehead atoms. The van der Waals surface area contributed by atoms with Gasteiger partial charge in [0.05, 0.1) is 11.4 Å². The zero-order valence-electron chi connectivity index (χ0n) is 18.4. The molecule has 7 nitrogen and oxygen atoms in total. The highest BCUT2D eigenvalue weighted by Gasteiger charge is 2.15. The van der Waals surface area contributed by atoms with Crippen molar-refractivity contribution in [3.8, 4) is 22.5 Å². The molecule has 2 aromatic carbocycles. The number of carbonyl (C=O) groups is 1. The number of aryl methyl sites for hydroxylation is 3. The molecule has 3 heterocycles. The van der Waals surface area contributed by atoms with E-state index in [1.54, 1.807) is 17.8 Å². The number of fused-ring (bicyclic) bond motifs is 1. The Bertz CT molecular complexity index is 1380. The largest absolute Gasteiger partial charge is 0.325 e. The monoisotopic (exact) mass is 457 g/mol. The molecule has 1 aliphatic heterocycles. The molecular weight excluding hydrogens is 434 g/mol. The van der Waals surface area contributed by atoms with Gasteiger partial charge in [0.15, 0.2) is 5.16 Å². The van der Waals surface area contributed by atoms with Crippen LogP contribution in [0.15, 0.2) is 70.7 Å². The number of anilines is 1. The van der Waals surface area contributed by atoms with Crippen molar-refractivity contribution in [2.24, 2.45) is 0 Å². The highest BCUT2D eigenvalue weighted by molar-refractivity contribution is 7.99. The van der Waals surface area contributed by atoms with E-state index in [9.17, 15) is 9.59 Å². The molecule has 8 heteroatoms. The van der Waals surface area contributed by atoms with Crippen LogP contribution >= 0.6 is 11.8 Å². The molecule has 0 spiro atoms. The van der Waals surface area contributed by atoms with Gasteiger partial charge in [-0.05, 0) is 43.7 Å². The molecule has 4 aromatic rings. The van der Waals surface area contributed by atoms with Crippen LogP contribution in [0.2, 0.25) is 0 Å². The van der Waals surface area contributed by atoms with Crippen LogP contribution in [0.4, 0.5) is 5.69 Å². The number of imidazole rings is 1. The number of nitrogens with zero attached hydrogens (tertiary/aromatic N) is 4. The summed E-state index contributed by atoms with van der Waals surface area (Å²) in [5.41, 5.74) is 6.04. The number of amides is 1. The van der Waals surface area contributed by atoms with E-state index in [0.29, 0.717) is 11.4 Å². The first-order valence-corrected chi connectivity index (χ1v) is 11.7. The molecule has 33 heavy (non-hydrogen) atoms. The van der Waals surface area contributed by atoms with Gasteiger partial charge >= 0.3 is 0 Å². The summed E-state index contributed by atoms with van der Waals surface area (Å²) in [6, 6.07) is 16.8. The van der Waals surface area contributed by atoms with E-state index in [-0.39, 0.29) is 18.0 Å². The average molecular weight is 458 g/mol. The topological polar surface area (TPSA) is 81.8 Å². The van der Waals surface area contributed by atoms with Crippen LogP contribution in [-0.2, 0) is 17.9 Å². The number of nitrogens with one attached hydrogen (secondary N) is 1. The molecule has 0 fully saturated rings. The molecule has 1 amide bonds. The third-order valence-electron chi connectivity index (χ3n) is 5.60. The van der Waals surface area contributed by atoms with Crippen molar-refractivity contribution in [3.05, 3.63) is 82.3 Å². The lowest BCUT2D eigenvalue weighted by molar-refractivity contribution is -0.117. The molecule has 166 valence electrons. The third-order valence-corrected chi connectivity index (χ3v) is 6.57. The molecule has 0 unspecified atom stereocenters. The quantitative estimate of drug-likeness (QED) is 0.487. The molecule has 0 aliphatic carbocycles. The van der Waals surface area contributed by atoms with Crippen molar-refractivity contribution < 1.29 is 4.79 Å². The van der Waals surface area contributed by atoms with Crippen molar-refractivity contribution in [1.82, 2.24) is 19.3 Å². The van der Waals surface area contributed by atoms with Crippen molar-refractivity contribution >= 4 is 23.4 Å². The van der Waals surface area contributed by atoms with Gasteiger partial charge < -0.3 is 9.88 Å². The standard InChI is InChI=1S/C25H23N5O2S/c1-16-3-4-17(2)20(13-16)21-9-10-24(32)30(28-21)15-23(31)26-19-7-5-18(6-8-19)22-14-29-11-12-33-25(29)27-22/h3-10,13-14H,11-12,15H2,1-2H3,(H,26,31). The van der Waals surface area contributed by atoms with E-state index in [0.717, 1.165) is 45.4 Å². The van der Waals surface area contributed by atoms with E-state index in [1.807, 2.05) is 56.3 Å². The van der Waals surface area contributed by atoms with Crippen LogP contribution in [0, 0.1) is 13.8 Å². The van der Waals surface area contributed by atoms with E-state index in [2.05, 4.69) is 26.2 Å². The van der Waals surface area contributed by atoms with Gasteiger partial charge in [-0.3, -0.25) is 9.59 Å². The number of thioether (sulfide) groups is 1.